The number of halogens is 1. The minimum atomic E-state index is -0.298. The van der Waals surface area contributed by atoms with Gasteiger partial charge in [0, 0.05) is 10.6 Å². The second kappa shape index (κ2) is 7.43. The first-order valence-electron chi connectivity index (χ1n) is 9.03. The van der Waals surface area contributed by atoms with Gasteiger partial charge >= 0.3 is 0 Å². The molecule has 3 heterocycles. The molecule has 0 aliphatic rings. The van der Waals surface area contributed by atoms with Gasteiger partial charge in [0.25, 0.3) is 5.91 Å². The summed E-state index contributed by atoms with van der Waals surface area (Å²) in [5.74, 6) is 0.179. The van der Waals surface area contributed by atoms with Crippen LogP contribution in [-0.4, -0.2) is 25.5 Å². The first-order valence-corrected chi connectivity index (χ1v) is 10.6. The van der Waals surface area contributed by atoms with E-state index in [0.29, 0.717) is 27.6 Å². The van der Waals surface area contributed by atoms with E-state index >= 15 is 0 Å². The summed E-state index contributed by atoms with van der Waals surface area (Å²) < 4.78 is 17.2. The Kier molecular flexibility index (Phi) is 4.61. The van der Waals surface area contributed by atoms with E-state index in [2.05, 4.69) is 24.9 Å². The maximum atomic E-state index is 13.4. The molecule has 0 atom stereocenters. The highest BCUT2D eigenvalue weighted by Gasteiger charge is 2.14. The Morgan fingerprint density at radius 1 is 1.10 bits per heavy atom. The summed E-state index contributed by atoms with van der Waals surface area (Å²) in [4.78, 5) is 22.6. The Bertz CT molecular complexity index is 1390. The van der Waals surface area contributed by atoms with Crippen molar-refractivity contribution in [2.45, 2.75) is 6.92 Å². The van der Waals surface area contributed by atoms with E-state index in [1.54, 1.807) is 24.3 Å². The number of carbonyl (C=O) groups is 1. The number of imidazole rings is 1. The van der Waals surface area contributed by atoms with Crippen LogP contribution in [0.15, 0.2) is 54.6 Å². The van der Waals surface area contributed by atoms with Crippen LogP contribution < -0.4 is 5.32 Å². The Morgan fingerprint density at radius 2 is 1.97 bits per heavy atom. The van der Waals surface area contributed by atoms with Gasteiger partial charge in [-0.15, -0.1) is 16.4 Å². The molecule has 0 unspecified atom stereocenters. The molecule has 0 aliphatic carbocycles. The van der Waals surface area contributed by atoms with E-state index in [4.69, 9.17) is 0 Å². The fourth-order valence-electron chi connectivity index (χ4n) is 3.10. The SMILES string of the molecule is Cc1nnsc1C(=O)Nc1cccc(-c2ccc(-c3nc4ccc(F)cc4[nH]3)s2)c1. The molecule has 6 nitrogen and oxygen atoms in total. The number of fused-ring (bicyclic) bond motifs is 1. The lowest BCUT2D eigenvalue weighted by atomic mass is 10.1. The first kappa shape index (κ1) is 18.6. The summed E-state index contributed by atoms with van der Waals surface area (Å²) in [7, 11) is 0. The van der Waals surface area contributed by atoms with E-state index in [1.165, 1.54) is 12.1 Å². The van der Waals surface area contributed by atoms with Crippen molar-refractivity contribution in [2.75, 3.05) is 5.32 Å². The number of hydrogen-bond donors (Lipinski definition) is 2. The third-order valence-corrected chi connectivity index (χ3v) is 6.51. The second-order valence-electron chi connectivity index (χ2n) is 6.63. The zero-order valence-electron chi connectivity index (χ0n) is 15.6. The summed E-state index contributed by atoms with van der Waals surface area (Å²) in [6, 6.07) is 16.1. The van der Waals surface area contributed by atoms with Gasteiger partial charge in [-0.3, -0.25) is 4.79 Å². The number of rotatable bonds is 4. The first-order chi connectivity index (χ1) is 14.6. The van der Waals surface area contributed by atoms with Gasteiger partial charge in [0.1, 0.15) is 16.5 Å². The fourth-order valence-corrected chi connectivity index (χ4v) is 4.60. The second-order valence-corrected chi connectivity index (χ2v) is 8.47. The number of anilines is 1. The normalized spacial score (nSPS) is 11.1. The van der Waals surface area contributed by atoms with Crippen LogP contribution in [0.4, 0.5) is 10.1 Å². The van der Waals surface area contributed by atoms with Crippen molar-refractivity contribution in [1.29, 1.82) is 0 Å². The molecular formula is C21H14FN5OS2. The predicted octanol–water partition coefficient (Wildman–Crippen LogP) is 5.51. The summed E-state index contributed by atoms with van der Waals surface area (Å²) in [6.45, 7) is 1.76. The van der Waals surface area contributed by atoms with Crippen LogP contribution in [0.3, 0.4) is 0 Å². The van der Waals surface area contributed by atoms with E-state index in [-0.39, 0.29) is 11.7 Å². The summed E-state index contributed by atoms with van der Waals surface area (Å²) in [6.07, 6.45) is 0. The van der Waals surface area contributed by atoms with Crippen molar-refractivity contribution >= 4 is 45.5 Å². The van der Waals surface area contributed by atoms with Crippen molar-refractivity contribution in [3.63, 3.8) is 0 Å². The average Bonchev–Trinajstić information content (AvgIpc) is 3.46. The lowest BCUT2D eigenvalue weighted by Gasteiger charge is -2.05. The van der Waals surface area contributed by atoms with Crippen molar-refractivity contribution in [3.8, 4) is 21.1 Å². The summed E-state index contributed by atoms with van der Waals surface area (Å²) in [5, 5.41) is 6.78. The number of aromatic amines is 1. The number of nitrogens with one attached hydrogen (secondary N) is 2. The average molecular weight is 436 g/mol. The molecule has 148 valence electrons. The Hall–Kier alpha value is -3.43. The highest BCUT2D eigenvalue weighted by Crippen LogP contribution is 2.35. The summed E-state index contributed by atoms with van der Waals surface area (Å²) in [5.41, 5.74) is 3.67. The fraction of sp³-hybridized carbons (Fsp3) is 0.0476. The van der Waals surface area contributed by atoms with Gasteiger partial charge in [-0.2, -0.15) is 0 Å². The molecule has 1 amide bonds. The highest BCUT2D eigenvalue weighted by molar-refractivity contribution is 7.18. The molecule has 2 aromatic carbocycles. The Labute approximate surface area is 178 Å². The zero-order chi connectivity index (χ0) is 20.7. The van der Waals surface area contributed by atoms with Crippen LogP contribution >= 0.6 is 22.9 Å². The number of hydrogen-bond acceptors (Lipinski definition) is 6. The smallest absolute Gasteiger partial charge is 0.269 e. The molecule has 0 radical (unpaired) electrons. The van der Waals surface area contributed by atoms with Crippen LogP contribution in [0.5, 0.6) is 0 Å². The summed E-state index contributed by atoms with van der Waals surface area (Å²) >= 11 is 2.64. The third kappa shape index (κ3) is 3.49. The predicted molar refractivity (Wildman–Crippen MR) is 117 cm³/mol. The number of nitrogens with zero attached hydrogens (tertiary/aromatic N) is 3. The zero-order valence-corrected chi connectivity index (χ0v) is 17.3. The van der Waals surface area contributed by atoms with Crippen LogP contribution in [0.1, 0.15) is 15.4 Å². The van der Waals surface area contributed by atoms with Crippen LogP contribution in [0, 0.1) is 12.7 Å². The van der Waals surface area contributed by atoms with Gasteiger partial charge < -0.3 is 10.3 Å². The molecule has 9 heteroatoms. The van der Waals surface area contributed by atoms with Gasteiger partial charge in [0.05, 0.1) is 21.6 Å². The number of thiophene rings is 1. The quantitative estimate of drug-likeness (QED) is 0.390. The Balaban J connectivity index is 1.41. The minimum absolute atomic E-state index is 0.221. The topological polar surface area (TPSA) is 83.6 Å². The van der Waals surface area contributed by atoms with E-state index < -0.39 is 0 Å². The number of benzene rings is 2. The number of carbonyl (C=O) groups excluding carboxylic acids is 1. The van der Waals surface area contributed by atoms with Crippen molar-refractivity contribution in [2.24, 2.45) is 0 Å². The monoisotopic (exact) mass is 435 g/mol. The largest absolute Gasteiger partial charge is 0.337 e. The molecule has 0 fully saturated rings. The molecule has 0 saturated carbocycles. The molecule has 30 heavy (non-hydrogen) atoms. The van der Waals surface area contributed by atoms with E-state index in [1.807, 2.05) is 36.4 Å². The van der Waals surface area contributed by atoms with Gasteiger partial charge in [0.15, 0.2) is 0 Å². The molecule has 0 spiro atoms. The molecule has 0 bridgehead atoms. The Morgan fingerprint density at radius 3 is 2.80 bits per heavy atom. The molecule has 3 aromatic heterocycles. The van der Waals surface area contributed by atoms with E-state index in [0.717, 1.165) is 32.4 Å². The van der Waals surface area contributed by atoms with Gasteiger partial charge in [0.2, 0.25) is 0 Å². The number of H-pyrrole nitrogens is 1. The van der Waals surface area contributed by atoms with Crippen molar-refractivity contribution in [1.82, 2.24) is 19.6 Å². The van der Waals surface area contributed by atoms with Crippen molar-refractivity contribution in [3.05, 3.63) is 71.0 Å². The number of amides is 1. The van der Waals surface area contributed by atoms with Gasteiger partial charge in [-0.05, 0) is 66.5 Å². The van der Waals surface area contributed by atoms with Gasteiger partial charge in [-0.1, -0.05) is 16.6 Å². The standard InChI is InChI=1S/C21H14FN5OS2/c1-11-19(30-27-26-11)21(28)23-14-4-2-3-12(9-14)17-7-8-18(29-17)20-24-15-6-5-13(22)10-16(15)25-20/h2-10H,1H3,(H,23,28)(H,24,25). The van der Waals surface area contributed by atoms with Crippen LogP contribution in [0.25, 0.3) is 32.2 Å². The van der Waals surface area contributed by atoms with Gasteiger partial charge in [-0.25, -0.2) is 9.37 Å². The van der Waals surface area contributed by atoms with Crippen molar-refractivity contribution < 1.29 is 9.18 Å². The molecule has 2 N–H and O–H groups in total. The molecule has 0 saturated heterocycles. The lowest BCUT2D eigenvalue weighted by Crippen LogP contribution is -2.11. The molecule has 5 rings (SSSR count). The molecular weight excluding hydrogens is 421 g/mol. The molecule has 5 aromatic rings. The van der Waals surface area contributed by atoms with Crippen LogP contribution in [-0.2, 0) is 0 Å². The lowest BCUT2D eigenvalue weighted by molar-refractivity contribution is 0.103. The maximum Gasteiger partial charge on any atom is 0.269 e. The molecule has 0 aliphatic heterocycles. The minimum Gasteiger partial charge on any atom is -0.337 e. The maximum absolute atomic E-state index is 13.4. The third-order valence-electron chi connectivity index (χ3n) is 4.55. The number of aromatic nitrogens is 4. The highest BCUT2D eigenvalue weighted by atomic mass is 32.1. The van der Waals surface area contributed by atoms with E-state index in [9.17, 15) is 9.18 Å². The van der Waals surface area contributed by atoms with Crippen LogP contribution in [0.2, 0.25) is 0 Å². The number of aryl methyl sites for hydroxylation is 1.